The largest absolute Gasteiger partial charge is 0.377 e. The Bertz CT molecular complexity index is 382. The molecule has 2 rings (SSSR count). The van der Waals surface area contributed by atoms with Crippen LogP contribution in [-0.4, -0.2) is 60.4 Å². The molecule has 0 radical (unpaired) electrons. The van der Waals surface area contributed by atoms with E-state index in [2.05, 4.69) is 22.3 Å². The third-order valence-electron chi connectivity index (χ3n) is 3.36. The lowest BCUT2D eigenvalue weighted by Gasteiger charge is -2.30. The van der Waals surface area contributed by atoms with Crippen molar-refractivity contribution in [3.05, 3.63) is 11.4 Å². The molecule has 1 aromatic heterocycles. The lowest BCUT2D eigenvalue weighted by Crippen LogP contribution is -2.39. The summed E-state index contributed by atoms with van der Waals surface area (Å²) in [6.45, 7) is 9.82. The summed E-state index contributed by atoms with van der Waals surface area (Å²) in [5.41, 5.74) is 2.04. The zero-order chi connectivity index (χ0) is 16.4. The maximum atomic E-state index is 5.55. The molecule has 0 saturated heterocycles. The highest BCUT2D eigenvalue weighted by Gasteiger charge is 2.31. The van der Waals surface area contributed by atoms with Gasteiger partial charge in [0.1, 0.15) is 17.9 Å². The van der Waals surface area contributed by atoms with Gasteiger partial charge in [-0.2, -0.15) is 0 Å². The van der Waals surface area contributed by atoms with Gasteiger partial charge in [0, 0.05) is 40.8 Å². The fourth-order valence-electron chi connectivity index (χ4n) is 2.33. The monoisotopic (exact) mass is 300 g/mol. The van der Waals surface area contributed by atoms with Crippen molar-refractivity contribution in [2.75, 3.05) is 34.4 Å². The molecular weight excluding hydrogens is 268 g/mol. The molecule has 0 N–H and O–H groups in total. The molecule has 1 aliphatic rings. The van der Waals surface area contributed by atoms with Gasteiger partial charge in [0.15, 0.2) is 0 Å². The second-order valence-corrected chi connectivity index (χ2v) is 4.49. The molecule has 124 valence electrons. The van der Waals surface area contributed by atoms with Crippen LogP contribution in [0.5, 0.6) is 0 Å². The van der Waals surface area contributed by atoms with Crippen molar-refractivity contribution in [2.45, 2.75) is 46.3 Å². The molecule has 0 aliphatic carbocycles. The Morgan fingerprint density at radius 3 is 2.19 bits per heavy atom. The average molecular weight is 300 g/mol. The molecule has 0 fully saturated rings. The van der Waals surface area contributed by atoms with Crippen molar-refractivity contribution in [1.82, 2.24) is 19.9 Å². The zero-order valence-corrected chi connectivity index (χ0v) is 14.9. The molecule has 0 aromatic carbocycles. The van der Waals surface area contributed by atoms with E-state index in [1.54, 1.807) is 14.2 Å². The predicted octanol–water partition coefficient (Wildman–Crippen LogP) is 2.06. The second kappa shape index (κ2) is 10.7. The Hall–Kier alpha value is -0.980. The van der Waals surface area contributed by atoms with Gasteiger partial charge < -0.3 is 14.4 Å². The molecule has 2 heterocycles. The molecule has 21 heavy (non-hydrogen) atoms. The maximum Gasteiger partial charge on any atom is 0.130 e. The van der Waals surface area contributed by atoms with Crippen molar-refractivity contribution >= 4 is 0 Å². The SMILES string of the molecule is CC.CC.COC1CN(C)CCc2c(nnn2C)C1OC. The van der Waals surface area contributed by atoms with Gasteiger partial charge in [-0.25, -0.2) is 0 Å². The summed E-state index contributed by atoms with van der Waals surface area (Å²) in [7, 11) is 7.41. The quantitative estimate of drug-likeness (QED) is 0.837. The van der Waals surface area contributed by atoms with Gasteiger partial charge in [-0.1, -0.05) is 32.9 Å². The first kappa shape index (κ1) is 20.0. The van der Waals surface area contributed by atoms with E-state index in [-0.39, 0.29) is 12.2 Å². The summed E-state index contributed by atoms with van der Waals surface area (Å²) in [6.07, 6.45) is 0.776. The van der Waals surface area contributed by atoms with Gasteiger partial charge in [0.25, 0.3) is 0 Å². The fourth-order valence-corrected chi connectivity index (χ4v) is 2.33. The molecule has 1 aliphatic heterocycles. The number of likely N-dealkylation sites (N-methyl/N-ethyl adjacent to an activating group) is 1. The van der Waals surface area contributed by atoms with Crippen LogP contribution in [0.3, 0.4) is 0 Å². The number of hydrogen-bond donors (Lipinski definition) is 0. The van der Waals surface area contributed by atoms with Crippen molar-refractivity contribution in [2.24, 2.45) is 7.05 Å². The van der Waals surface area contributed by atoms with Crippen LogP contribution in [-0.2, 0) is 22.9 Å². The number of methoxy groups -OCH3 is 2. The van der Waals surface area contributed by atoms with Crippen LogP contribution in [0, 0.1) is 0 Å². The summed E-state index contributed by atoms with van der Waals surface area (Å²) in [4.78, 5) is 2.25. The van der Waals surface area contributed by atoms with Gasteiger partial charge in [0.05, 0.1) is 5.69 Å². The van der Waals surface area contributed by atoms with Crippen molar-refractivity contribution < 1.29 is 9.47 Å². The van der Waals surface area contributed by atoms with Crippen LogP contribution in [0.1, 0.15) is 45.2 Å². The lowest BCUT2D eigenvalue weighted by molar-refractivity contribution is -0.0541. The Balaban J connectivity index is 0.000000921. The van der Waals surface area contributed by atoms with E-state index < -0.39 is 0 Å². The van der Waals surface area contributed by atoms with Crippen LogP contribution in [0.2, 0.25) is 0 Å². The number of rotatable bonds is 2. The molecule has 2 unspecified atom stereocenters. The average Bonchev–Trinajstić information content (AvgIpc) is 2.88. The highest BCUT2D eigenvalue weighted by atomic mass is 16.5. The van der Waals surface area contributed by atoms with E-state index in [0.717, 1.165) is 30.9 Å². The third kappa shape index (κ3) is 5.05. The van der Waals surface area contributed by atoms with Gasteiger partial charge in [-0.05, 0) is 7.05 Å². The van der Waals surface area contributed by atoms with E-state index in [1.807, 2.05) is 39.4 Å². The minimum atomic E-state index is -0.147. The molecule has 0 bridgehead atoms. The van der Waals surface area contributed by atoms with E-state index in [9.17, 15) is 0 Å². The van der Waals surface area contributed by atoms with Crippen LogP contribution >= 0.6 is 0 Å². The van der Waals surface area contributed by atoms with Crippen LogP contribution in [0.4, 0.5) is 0 Å². The Kier molecular flexibility index (Phi) is 10.2. The number of nitrogens with zero attached hydrogens (tertiary/aromatic N) is 4. The molecule has 6 heteroatoms. The van der Waals surface area contributed by atoms with Crippen molar-refractivity contribution in [3.8, 4) is 0 Å². The van der Waals surface area contributed by atoms with Crippen LogP contribution in [0.15, 0.2) is 0 Å². The molecule has 6 nitrogen and oxygen atoms in total. The minimum Gasteiger partial charge on any atom is -0.377 e. The van der Waals surface area contributed by atoms with Gasteiger partial charge >= 0.3 is 0 Å². The molecule has 0 spiro atoms. The first-order valence-electron chi connectivity index (χ1n) is 7.80. The third-order valence-corrected chi connectivity index (χ3v) is 3.36. The minimum absolute atomic E-state index is 0.0132. The summed E-state index contributed by atoms with van der Waals surface area (Å²) in [5.74, 6) is 0. The lowest BCUT2D eigenvalue weighted by atomic mass is 10.0. The number of fused-ring (bicyclic) bond motifs is 1. The van der Waals surface area contributed by atoms with Crippen molar-refractivity contribution in [1.29, 1.82) is 0 Å². The van der Waals surface area contributed by atoms with E-state index >= 15 is 0 Å². The van der Waals surface area contributed by atoms with Gasteiger partial charge in [0.2, 0.25) is 0 Å². The molecule has 2 atom stereocenters. The topological polar surface area (TPSA) is 52.4 Å². The molecular formula is C15H32N4O2. The highest BCUT2D eigenvalue weighted by molar-refractivity contribution is 5.16. The second-order valence-electron chi connectivity index (χ2n) is 4.49. The van der Waals surface area contributed by atoms with Crippen molar-refractivity contribution in [3.63, 3.8) is 0 Å². The van der Waals surface area contributed by atoms with Crippen LogP contribution < -0.4 is 0 Å². The van der Waals surface area contributed by atoms with Gasteiger partial charge in [-0.3, -0.25) is 4.68 Å². The fraction of sp³-hybridized carbons (Fsp3) is 0.867. The first-order valence-corrected chi connectivity index (χ1v) is 7.80. The number of hydrogen-bond acceptors (Lipinski definition) is 5. The normalized spacial score (nSPS) is 21.9. The Labute approximate surface area is 129 Å². The molecule has 0 amide bonds. The van der Waals surface area contributed by atoms with E-state index in [4.69, 9.17) is 9.47 Å². The van der Waals surface area contributed by atoms with Crippen LogP contribution in [0.25, 0.3) is 0 Å². The summed E-state index contributed by atoms with van der Waals surface area (Å²) in [6, 6.07) is 0. The Morgan fingerprint density at radius 2 is 1.67 bits per heavy atom. The van der Waals surface area contributed by atoms with E-state index in [1.165, 1.54) is 0 Å². The number of ether oxygens (including phenoxy) is 2. The Morgan fingerprint density at radius 1 is 1.05 bits per heavy atom. The summed E-state index contributed by atoms with van der Waals surface area (Å²) >= 11 is 0. The first-order chi connectivity index (χ1) is 10.2. The highest BCUT2D eigenvalue weighted by Crippen LogP contribution is 2.26. The zero-order valence-electron chi connectivity index (χ0n) is 14.9. The van der Waals surface area contributed by atoms with Gasteiger partial charge in [-0.15, -0.1) is 5.10 Å². The summed E-state index contributed by atoms with van der Waals surface area (Å²) < 4.78 is 12.9. The van der Waals surface area contributed by atoms with E-state index in [0.29, 0.717) is 0 Å². The summed E-state index contributed by atoms with van der Waals surface area (Å²) in [5, 5.41) is 8.31. The molecule has 0 saturated carbocycles. The standard InChI is InChI=1S/C11H20N4O2.2C2H6/c1-14-6-5-8-10(12-13-15(8)2)11(17-4)9(7-14)16-3;2*1-2/h9,11H,5-7H2,1-4H3;2*1-2H3. The number of aromatic nitrogens is 3. The smallest absolute Gasteiger partial charge is 0.130 e. The molecule has 1 aromatic rings. The predicted molar refractivity (Wildman–Crippen MR) is 85.4 cm³/mol. The number of aryl methyl sites for hydroxylation is 1. The maximum absolute atomic E-state index is 5.55.